The molecule has 5 heteroatoms. The Balaban J connectivity index is 0.000000231. The van der Waals surface area contributed by atoms with Crippen molar-refractivity contribution < 1.29 is 48.1 Å². The fourth-order valence-electron chi connectivity index (χ4n) is 6.41. The molecule has 1 aliphatic carbocycles. The molecule has 0 aromatic heterocycles. The summed E-state index contributed by atoms with van der Waals surface area (Å²) in [5.74, 6) is 0.517. The maximum Gasteiger partial charge on any atom is -0.0132 e. The van der Waals surface area contributed by atoms with E-state index in [1.807, 2.05) is 0 Å². The number of allylic oxidation sites excluding steroid dienone is 3. The molecular weight excluding hydrogens is 733 g/mol. The van der Waals surface area contributed by atoms with Crippen molar-refractivity contribution in [1.29, 1.82) is 0 Å². The van der Waals surface area contributed by atoms with E-state index in [1.165, 1.54) is 71.9 Å². The maximum atomic E-state index is 3.57. The molecule has 7 rings (SSSR count). The van der Waals surface area contributed by atoms with Gasteiger partial charge in [0.15, 0.2) is 0 Å². The zero-order valence-corrected chi connectivity index (χ0v) is 35.6. The molecule has 1 nitrogen and oxygen atoms in total. The number of nitrogens with zero attached hydrogens (tertiary/aromatic N) is 1. The second kappa shape index (κ2) is 17.1. The van der Waals surface area contributed by atoms with Crippen molar-refractivity contribution >= 4 is 32.7 Å². The summed E-state index contributed by atoms with van der Waals surface area (Å²) >= 11 is 1.74. The molecule has 0 saturated heterocycles. The van der Waals surface area contributed by atoms with Gasteiger partial charge in [0, 0.05) is 17.1 Å². The molecule has 0 fully saturated rings. The van der Waals surface area contributed by atoms with Crippen molar-refractivity contribution in [1.82, 2.24) is 0 Å². The van der Waals surface area contributed by atoms with E-state index in [0.29, 0.717) is 12.0 Å². The van der Waals surface area contributed by atoms with Crippen LogP contribution in [0.1, 0.15) is 58.2 Å². The number of rotatable bonds is 3. The van der Waals surface area contributed by atoms with Gasteiger partial charge in [-0.1, -0.05) is 126 Å². The fraction of sp³-hybridized carbons (Fsp3) is 0.295. The van der Waals surface area contributed by atoms with E-state index in [1.54, 1.807) is 23.3 Å². The molecule has 49 heavy (non-hydrogen) atoms. The normalized spacial score (nSPS) is 14.8. The van der Waals surface area contributed by atoms with Gasteiger partial charge in [0.2, 0.25) is 0 Å². The molecule has 5 aromatic rings. The third kappa shape index (κ3) is 9.42. The van der Waals surface area contributed by atoms with Crippen LogP contribution in [-0.2, 0) is 28.8 Å². The molecule has 1 atom stereocenters. The number of fused-ring (bicyclic) bond motifs is 3. The van der Waals surface area contributed by atoms with Gasteiger partial charge >= 0.3 is 41.9 Å². The molecular formula is C44H49Cl2NSiZr-2. The Labute approximate surface area is 323 Å². The van der Waals surface area contributed by atoms with Crippen LogP contribution in [0.25, 0.3) is 32.7 Å². The molecule has 1 heterocycles. The van der Waals surface area contributed by atoms with Crippen LogP contribution in [-0.4, -0.2) is 11.5 Å². The van der Waals surface area contributed by atoms with Gasteiger partial charge in [-0.25, -0.2) is 0 Å². The van der Waals surface area contributed by atoms with Crippen LogP contribution < -0.4 is 29.7 Å². The van der Waals surface area contributed by atoms with Gasteiger partial charge in [-0.2, -0.15) is 6.07 Å². The monoisotopic (exact) mass is 779 g/mol. The van der Waals surface area contributed by atoms with Crippen LogP contribution in [0.5, 0.6) is 0 Å². The van der Waals surface area contributed by atoms with Gasteiger partial charge in [-0.05, 0) is 40.8 Å². The minimum Gasteiger partial charge on any atom is -1.00 e. The average molecular weight is 782 g/mol. The summed E-state index contributed by atoms with van der Waals surface area (Å²) in [7, 11) is 0. The van der Waals surface area contributed by atoms with E-state index in [0.717, 1.165) is 0 Å². The first kappa shape index (κ1) is 40.9. The van der Waals surface area contributed by atoms with Crippen molar-refractivity contribution in [2.24, 2.45) is 5.92 Å². The third-order valence-electron chi connectivity index (χ3n) is 8.88. The number of hydrogen-bond acceptors (Lipinski definition) is 1. The maximum absolute atomic E-state index is 3.57. The van der Waals surface area contributed by atoms with E-state index in [9.17, 15) is 0 Å². The second-order valence-electron chi connectivity index (χ2n) is 14.6. The topological polar surface area (TPSA) is 3.24 Å². The Kier molecular flexibility index (Phi) is 14.3. The quantitative estimate of drug-likeness (QED) is 0.156. The van der Waals surface area contributed by atoms with Crippen LogP contribution in [0, 0.1) is 25.8 Å². The predicted molar refractivity (Wildman–Crippen MR) is 204 cm³/mol. The van der Waals surface area contributed by atoms with E-state index in [2.05, 4.69) is 183 Å². The molecule has 254 valence electrons. The average Bonchev–Trinajstić information content (AvgIpc) is 3.69. The largest absolute Gasteiger partial charge is 1.00 e. The minimum absolute atomic E-state index is 0. The first-order valence-corrected chi connectivity index (χ1v) is 23.1. The SMILES string of the molecule is CC(C)C1=[C-]C2=CC(C)N(c3cccc4ccccc34)C2=C1.C[Si](C)=[Zr+2].Cc1cc2c(-c3ccc(C(C)(C)C)cc3)ccc(C)c2[cH-]1.[Cl-].[Cl-]. The van der Waals surface area contributed by atoms with Crippen molar-refractivity contribution in [3.8, 4) is 11.1 Å². The van der Waals surface area contributed by atoms with Crippen LogP contribution in [0.4, 0.5) is 5.69 Å². The summed E-state index contributed by atoms with van der Waals surface area (Å²) < 4.78 is 0. The van der Waals surface area contributed by atoms with Gasteiger partial charge in [0.05, 0.1) is 0 Å². The number of anilines is 1. The molecule has 1 aliphatic heterocycles. The summed E-state index contributed by atoms with van der Waals surface area (Å²) in [6, 6.07) is 33.7. The van der Waals surface area contributed by atoms with Gasteiger partial charge in [0.25, 0.3) is 0 Å². The fourth-order valence-corrected chi connectivity index (χ4v) is 6.41. The zero-order valence-electron chi connectivity index (χ0n) is 30.7. The summed E-state index contributed by atoms with van der Waals surface area (Å²) in [5.41, 5.74) is 12.3. The molecule has 0 spiro atoms. The van der Waals surface area contributed by atoms with Gasteiger partial charge in [-0.3, -0.25) is 0 Å². The standard InChI is InChI=1S/C21H20N.C21H23.C2H6Si.2ClH.Zr/c1-14(2)17-12-18-11-15(3)22(21(18)13-17)20-10-6-8-16-7-4-5-9-19(16)20;1-14-12-19-15(2)6-11-18(20(19)13-14)16-7-9-17(10-8-16)21(3,4)5;1-3-2;;;/h4-11,13-15H,1-3H3;6-13H,1-5H3;1-2H3;2*1H;/q2*-1;;;;+2/p-2. The summed E-state index contributed by atoms with van der Waals surface area (Å²) in [5, 5.41) is 5.35. The van der Waals surface area contributed by atoms with Crippen LogP contribution in [0.3, 0.4) is 0 Å². The molecule has 2 aliphatic rings. The van der Waals surface area contributed by atoms with Crippen LogP contribution in [0.2, 0.25) is 13.1 Å². The third-order valence-corrected chi connectivity index (χ3v) is 8.88. The Morgan fingerprint density at radius 3 is 2.12 bits per heavy atom. The summed E-state index contributed by atoms with van der Waals surface area (Å²) in [6.07, 6.45) is 8.20. The van der Waals surface area contributed by atoms with Crippen LogP contribution >= 0.6 is 0 Å². The molecule has 1 unspecified atom stereocenters. The number of aryl methyl sites for hydroxylation is 2. The number of hydrogen-bond donors (Lipinski definition) is 0. The predicted octanol–water partition coefficient (Wildman–Crippen LogP) is 6.19. The van der Waals surface area contributed by atoms with Crippen LogP contribution in [0.15, 0.2) is 120 Å². The summed E-state index contributed by atoms with van der Waals surface area (Å²) in [6.45, 7) is 22.5. The smallest absolute Gasteiger partial charge is 0.0132 e. The number of benzene rings is 4. The Morgan fingerprint density at radius 1 is 0.857 bits per heavy atom. The van der Waals surface area contributed by atoms with E-state index >= 15 is 0 Å². The van der Waals surface area contributed by atoms with Gasteiger partial charge in [0.1, 0.15) is 0 Å². The van der Waals surface area contributed by atoms with Crippen molar-refractivity contribution in [2.75, 3.05) is 4.90 Å². The molecule has 0 radical (unpaired) electrons. The molecule has 0 amide bonds. The first-order chi connectivity index (χ1) is 22.2. The van der Waals surface area contributed by atoms with Gasteiger partial charge < -0.3 is 29.7 Å². The molecule has 0 saturated carbocycles. The van der Waals surface area contributed by atoms with Crippen molar-refractivity contribution in [2.45, 2.75) is 79.9 Å². The number of halogens is 2. The zero-order chi connectivity index (χ0) is 34.0. The molecule has 0 N–H and O–H groups in total. The van der Waals surface area contributed by atoms with Gasteiger partial charge in [-0.15, -0.1) is 63.4 Å². The molecule has 0 bridgehead atoms. The second-order valence-corrected chi connectivity index (χ2v) is 23.9. The van der Waals surface area contributed by atoms with E-state index in [-0.39, 0.29) is 35.7 Å². The Hall–Kier alpha value is -2.55. The van der Waals surface area contributed by atoms with Crippen molar-refractivity contribution in [3.05, 3.63) is 143 Å². The van der Waals surface area contributed by atoms with Crippen molar-refractivity contribution in [3.63, 3.8) is 0 Å². The first-order valence-electron chi connectivity index (χ1n) is 16.9. The Morgan fingerprint density at radius 2 is 1.49 bits per heavy atom. The summed E-state index contributed by atoms with van der Waals surface area (Å²) in [4.78, 5) is 2.44. The molecule has 5 aromatic carbocycles. The van der Waals surface area contributed by atoms with E-state index in [4.69, 9.17) is 0 Å². The Bertz CT molecular complexity index is 2010. The van der Waals surface area contributed by atoms with E-state index < -0.39 is 0 Å². The minimum atomic E-state index is 0.